The number of alkyl halides is 1. The first-order chi connectivity index (χ1) is 9.81. The van der Waals surface area contributed by atoms with Gasteiger partial charge in [0, 0.05) is 43.3 Å². The molecule has 0 N–H and O–H groups in total. The van der Waals surface area contributed by atoms with Gasteiger partial charge in [-0.15, -0.1) is 11.6 Å². The minimum absolute atomic E-state index is 0.190. The first-order valence-electron chi connectivity index (χ1n) is 7.29. The summed E-state index contributed by atoms with van der Waals surface area (Å²) in [6, 6.07) is 10.8. The molecule has 0 radical (unpaired) electrons. The number of nitrogens with zero attached hydrogens (tertiary/aromatic N) is 1. The molecule has 1 amide bonds. The molecule has 1 aromatic carbocycles. The van der Waals surface area contributed by atoms with Gasteiger partial charge in [-0.3, -0.25) is 4.79 Å². The molecule has 0 aromatic heterocycles. The smallest absolute Gasteiger partial charge is 0.224 e. The van der Waals surface area contributed by atoms with Crippen LogP contribution < -0.4 is 0 Å². The minimum Gasteiger partial charge on any atom is -0.381 e. The van der Waals surface area contributed by atoms with Crippen molar-refractivity contribution in [1.29, 1.82) is 0 Å². The Hall–Kier alpha value is -1.06. The molecule has 2 aliphatic heterocycles. The fourth-order valence-corrected chi connectivity index (χ4v) is 3.73. The van der Waals surface area contributed by atoms with Crippen molar-refractivity contribution in [3.8, 4) is 0 Å². The summed E-state index contributed by atoms with van der Waals surface area (Å²) in [5, 5.41) is 0. The normalized spacial score (nSPS) is 29.2. The number of halogens is 1. The lowest BCUT2D eigenvalue weighted by Gasteiger charge is -2.32. The van der Waals surface area contributed by atoms with Gasteiger partial charge in [-0.05, 0) is 12.0 Å². The Morgan fingerprint density at radius 3 is 2.90 bits per heavy atom. The maximum Gasteiger partial charge on any atom is 0.224 e. The molecule has 3 nitrogen and oxygen atoms in total. The molecule has 0 saturated carbocycles. The standard InChI is InChI=1S/C16H20ClNO2/c17-8-6-16(19)18-10-13(12-4-2-1-3-5-12)14-11-20-9-7-15(14)18/h1-5,13-15H,6-11H2/t13-,14-,15-/m1/s1. The van der Waals surface area contributed by atoms with Crippen molar-refractivity contribution in [1.82, 2.24) is 4.90 Å². The Balaban J connectivity index is 1.84. The molecule has 0 spiro atoms. The highest BCUT2D eigenvalue weighted by Gasteiger charge is 2.45. The van der Waals surface area contributed by atoms with Gasteiger partial charge in [0.1, 0.15) is 0 Å². The van der Waals surface area contributed by atoms with Crippen molar-refractivity contribution in [2.45, 2.75) is 24.8 Å². The van der Waals surface area contributed by atoms with Crippen molar-refractivity contribution in [2.24, 2.45) is 5.92 Å². The lowest BCUT2D eigenvalue weighted by Crippen LogP contribution is -2.42. The van der Waals surface area contributed by atoms with Crippen LogP contribution in [0.25, 0.3) is 0 Å². The first-order valence-corrected chi connectivity index (χ1v) is 7.83. The Labute approximate surface area is 124 Å². The van der Waals surface area contributed by atoms with Crippen molar-refractivity contribution in [2.75, 3.05) is 25.6 Å². The molecule has 2 fully saturated rings. The minimum atomic E-state index is 0.190. The average molecular weight is 294 g/mol. The Morgan fingerprint density at radius 2 is 2.15 bits per heavy atom. The topological polar surface area (TPSA) is 29.5 Å². The van der Waals surface area contributed by atoms with E-state index in [9.17, 15) is 4.79 Å². The van der Waals surface area contributed by atoms with E-state index in [1.54, 1.807) is 0 Å². The van der Waals surface area contributed by atoms with E-state index < -0.39 is 0 Å². The molecule has 108 valence electrons. The van der Waals surface area contributed by atoms with E-state index in [-0.39, 0.29) is 5.91 Å². The van der Waals surface area contributed by atoms with Crippen LogP contribution in [0.2, 0.25) is 0 Å². The summed E-state index contributed by atoms with van der Waals surface area (Å²) >= 11 is 5.73. The van der Waals surface area contributed by atoms with Crippen LogP contribution in [0.4, 0.5) is 0 Å². The average Bonchev–Trinajstić information content (AvgIpc) is 2.88. The molecular weight excluding hydrogens is 274 g/mol. The number of carbonyl (C=O) groups excluding carboxylic acids is 1. The highest BCUT2D eigenvalue weighted by Crippen LogP contribution is 2.41. The van der Waals surface area contributed by atoms with Crippen molar-refractivity contribution in [3.63, 3.8) is 0 Å². The van der Waals surface area contributed by atoms with Gasteiger partial charge in [-0.25, -0.2) is 0 Å². The zero-order chi connectivity index (χ0) is 13.9. The van der Waals surface area contributed by atoms with Gasteiger partial charge in [0.2, 0.25) is 5.91 Å². The third-order valence-corrected chi connectivity index (χ3v) is 4.72. The number of likely N-dealkylation sites (tertiary alicyclic amines) is 1. The first kappa shape index (κ1) is 13.9. The van der Waals surface area contributed by atoms with E-state index in [2.05, 4.69) is 24.3 Å². The third kappa shape index (κ3) is 2.57. The third-order valence-electron chi connectivity index (χ3n) is 4.53. The van der Waals surface area contributed by atoms with Gasteiger partial charge in [-0.2, -0.15) is 0 Å². The number of rotatable bonds is 3. The summed E-state index contributed by atoms with van der Waals surface area (Å²) in [5.74, 6) is 1.40. The maximum absolute atomic E-state index is 12.3. The number of ether oxygens (including phenoxy) is 1. The van der Waals surface area contributed by atoms with Crippen LogP contribution in [-0.2, 0) is 9.53 Å². The fraction of sp³-hybridized carbons (Fsp3) is 0.562. The number of hydrogen-bond donors (Lipinski definition) is 0. The van der Waals surface area contributed by atoms with Crippen LogP contribution in [-0.4, -0.2) is 42.5 Å². The summed E-state index contributed by atoms with van der Waals surface area (Å²) in [6.07, 6.45) is 1.38. The zero-order valence-electron chi connectivity index (χ0n) is 11.5. The Morgan fingerprint density at radius 1 is 1.35 bits per heavy atom. The van der Waals surface area contributed by atoms with Crippen LogP contribution in [0.5, 0.6) is 0 Å². The molecule has 0 aliphatic carbocycles. The van der Waals surface area contributed by atoms with E-state index in [1.165, 1.54) is 5.56 Å². The number of fused-ring (bicyclic) bond motifs is 1. The van der Waals surface area contributed by atoms with E-state index in [1.807, 2.05) is 11.0 Å². The number of benzene rings is 1. The van der Waals surface area contributed by atoms with Crippen LogP contribution >= 0.6 is 11.6 Å². The SMILES string of the molecule is O=C(CCCl)N1C[C@H](c2ccccc2)[C@H]2COCC[C@H]21. The van der Waals surface area contributed by atoms with Crippen molar-refractivity contribution >= 4 is 17.5 Å². The fourth-order valence-electron chi connectivity index (χ4n) is 3.57. The zero-order valence-corrected chi connectivity index (χ0v) is 12.3. The van der Waals surface area contributed by atoms with E-state index in [0.29, 0.717) is 30.2 Å². The van der Waals surface area contributed by atoms with Gasteiger partial charge in [0.05, 0.1) is 6.61 Å². The summed E-state index contributed by atoms with van der Waals surface area (Å²) in [7, 11) is 0. The summed E-state index contributed by atoms with van der Waals surface area (Å²) in [5.41, 5.74) is 1.31. The number of carbonyl (C=O) groups is 1. The largest absolute Gasteiger partial charge is 0.381 e. The lowest BCUT2D eigenvalue weighted by atomic mass is 9.84. The van der Waals surface area contributed by atoms with E-state index >= 15 is 0 Å². The van der Waals surface area contributed by atoms with Crippen molar-refractivity contribution in [3.05, 3.63) is 35.9 Å². The van der Waals surface area contributed by atoms with Gasteiger partial charge >= 0.3 is 0 Å². The second kappa shape index (κ2) is 6.15. The number of hydrogen-bond acceptors (Lipinski definition) is 2. The highest BCUT2D eigenvalue weighted by molar-refractivity contribution is 6.18. The molecule has 0 bridgehead atoms. The van der Waals surface area contributed by atoms with Crippen LogP contribution in [0, 0.1) is 5.92 Å². The Bertz CT molecular complexity index is 465. The molecular formula is C16H20ClNO2. The van der Waals surface area contributed by atoms with E-state index in [4.69, 9.17) is 16.3 Å². The second-order valence-corrected chi connectivity index (χ2v) is 5.98. The van der Waals surface area contributed by atoms with Crippen LogP contribution in [0.15, 0.2) is 30.3 Å². The molecule has 2 saturated heterocycles. The molecule has 4 heteroatoms. The maximum atomic E-state index is 12.3. The molecule has 2 aliphatic rings. The summed E-state index contributed by atoms with van der Waals surface area (Å²) in [4.78, 5) is 14.3. The lowest BCUT2D eigenvalue weighted by molar-refractivity contribution is -0.133. The predicted octanol–water partition coefficient (Wildman–Crippen LogP) is 2.65. The van der Waals surface area contributed by atoms with E-state index in [0.717, 1.165) is 26.2 Å². The Kier molecular flexibility index (Phi) is 4.27. The molecule has 20 heavy (non-hydrogen) atoms. The van der Waals surface area contributed by atoms with Gasteiger partial charge in [-0.1, -0.05) is 30.3 Å². The highest BCUT2D eigenvalue weighted by atomic mass is 35.5. The predicted molar refractivity (Wildman–Crippen MR) is 78.9 cm³/mol. The summed E-state index contributed by atoms with van der Waals surface area (Å²) in [6.45, 7) is 2.32. The van der Waals surface area contributed by atoms with Crippen LogP contribution in [0.1, 0.15) is 24.3 Å². The molecule has 0 unspecified atom stereocenters. The quantitative estimate of drug-likeness (QED) is 0.802. The monoisotopic (exact) mass is 293 g/mol. The van der Waals surface area contributed by atoms with Gasteiger partial charge < -0.3 is 9.64 Å². The summed E-state index contributed by atoms with van der Waals surface area (Å²) < 4.78 is 5.66. The van der Waals surface area contributed by atoms with Crippen LogP contribution in [0.3, 0.4) is 0 Å². The molecule has 1 aromatic rings. The van der Waals surface area contributed by atoms with Crippen molar-refractivity contribution < 1.29 is 9.53 Å². The second-order valence-electron chi connectivity index (χ2n) is 5.60. The molecule has 2 heterocycles. The van der Waals surface area contributed by atoms with Gasteiger partial charge in [0.15, 0.2) is 0 Å². The number of amides is 1. The molecule has 3 rings (SSSR count). The van der Waals surface area contributed by atoms with Gasteiger partial charge in [0.25, 0.3) is 0 Å². The molecule has 3 atom stereocenters.